The summed E-state index contributed by atoms with van der Waals surface area (Å²) in [6.07, 6.45) is 8.10. The molecule has 1 heterocycles. The Kier molecular flexibility index (Phi) is 5.62. The number of nitrogens with zero attached hydrogens (tertiary/aromatic N) is 2. The third kappa shape index (κ3) is 4.66. The largest absolute Gasteiger partial charge is 0.340 e. The van der Waals surface area contributed by atoms with Gasteiger partial charge in [-0.1, -0.05) is 12.8 Å². The van der Waals surface area contributed by atoms with Crippen LogP contribution in [-0.4, -0.2) is 69.1 Å². The first kappa shape index (κ1) is 16.7. The van der Waals surface area contributed by atoms with Crippen LogP contribution in [0.1, 0.15) is 38.5 Å². The van der Waals surface area contributed by atoms with E-state index in [4.69, 9.17) is 0 Å². The molecular weight excluding hydrogens is 290 g/mol. The summed E-state index contributed by atoms with van der Waals surface area (Å²) in [6, 6.07) is 0.652. The van der Waals surface area contributed by atoms with Gasteiger partial charge >= 0.3 is 0 Å². The smallest absolute Gasteiger partial charge is 0.237 e. The van der Waals surface area contributed by atoms with Gasteiger partial charge in [0.2, 0.25) is 15.9 Å². The molecule has 0 bridgehead atoms. The maximum atomic E-state index is 12.2. The maximum absolute atomic E-state index is 12.2. The van der Waals surface area contributed by atoms with Gasteiger partial charge < -0.3 is 4.90 Å². The lowest BCUT2D eigenvalue weighted by atomic mass is 9.88. The highest BCUT2D eigenvalue weighted by molar-refractivity contribution is 7.88. The van der Waals surface area contributed by atoms with Crippen molar-refractivity contribution >= 4 is 15.9 Å². The molecule has 21 heavy (non-hydrogen) atoms. The number of amides is 1. The van der Waals surface area contributed by atoms with Crippen LogP contribution in [0.25, 0.3) is 0 Å². The van der Waals surface area contributed by atoms with Gasteiger partial charge in [-0.25, -0.2) is 13.1 Å². The lowest BCUT2D eigenvalue weighted by Gasteiger charge is -2.42. The highest BCUT2D eigenvalue weighted by atomic mass is 32.2. The second-order valence-corrected chi connectivity index (χ2v) is 8.09. The number of sulfonamides is 1. The van der Waals surface area contributed by atoms with Gasteiger partial charge in [-0.15, -0.1) is 0 Å². The van der Waals surface area contributed by atoms with E-state index in [1.165, 1.54) is 19.3 Å². The lowest BCUT2D eigenvalue weighted by Crippen LogP contribution is -2.54. The van der Waals surface area contributed by atoms with Gasteiger partial charge in [-0.3, -0.25) is 9.69 Å². The summed E-state index contributed by atoms with van der Waals surface area (Å²) in [5, 5.41) is 0. The van der Waals surface area contributed by atoms with Crippen LogP contribution in [0.5, 0.6) is 0 Å². The van der Waals surface area contributed by atoms with Gasteiger partial charge in [0.1, 0.15) is 0 Å². The number of carbonyl (C=O) groups excluding carboxylic acids is 1. The summed E-state index contributed by atoms with van der Waals surface area (Å²) in [4.78, 5) is 16.5. The Labute approximate surface area is 127 Å². The van der Waals surface area contributed by atoms with Crippen LogP contribution in [0.2, 0.25) is 0 Å². The van der Waals surface area contributed by atoms with Crippen molar-refractivity contribution in [2.75, 3.05) is 32.9 Å². The van der Waals surface area contributed by atoms with Crippen molar-refractivity contribution in [1.82, 2.24) is 14.5 Å². The van der Waals surface area contributed by atoms with E-state index in [1.54, 1.807) is 4.90 Å². The van der Waals surface area contributed by atoms with Crippen LogP contribution in [0.4, 0.5) is 0 Å². The van der Waals surface area contributed by atoms with E-state index in [0.29, 0.717) is 6.04 Å². The number of hydrogen-bond donors (Lipinski definition) is 1. The van der Waals surface area contributed by atoms with Gasteiger partial charge in [-0.05, 0) is 38.8 Å². The fourth-order valence-electron chi connectivity index (χ4n) is 3.55. The number of likely N-dealkylation sites (tertiary alicyclic amines) is 1. The van der Waals surface area contributed by atoms with Crippen molar-refractivity contribution in [3.63, 3.8) is 0 Å². The highest BCUT2D eigenvalue weighted by Gasteiger charge is 2.35. The molecule has 1 saturated heterocycles. The van der Waals surface area contributed by atoms with Crippen molar-refractivity contribution in [2.24, 2.45) is 0 Å². The molecule has 6 nitrogen and oxygen atoms in total. The first-order chi connectivity index (χ1) is 9.88. The summed E-state index contributed by atoms with van der Waals surface area (Å²) >= 11 is 0. The molecule has 0 radical (unpaired) electrons. The Morgan fingerprint density at radius 2 is 1.81 bits per heavy atom. The topological polar surface area (TPSA) is 69.7 Å². The standard InChI is InChI=1S/C14H27N3O3S/c1-16(14(18)11-15-21(2,19)20)12-7-3-4-8-13(12)17-9-5-6-10-17/h12-13,15H,3-11H2,1-2H3. The highest BCUT2D eigenvalue weighted by Crippen LogP contribution is 2.29. The molecule has 1 aliphatic heterocycles. The molecule has 0 aromatic rings. The van der Waals surface area contributed by atoms with E-state index < -0.39 is 10.0 Å². The van der Waals surface area contributed by atoms with Gasteiger partial charge in [0.15, 0.2) is 0 Å². The molecule has 0 aromatic carbocycles. The molecule has 0 aromatic heterocycles. The zero-order chi connectivity index (χ0) is 15.5. The quantitative estimate of drug-likeness (QED) is 0.797. The molecule has 1 amide bonds. The maximum Gasteiger partial charge on any atom is 0.237 e. The van der Waals surface area contributed by atoms with Crippen molar-refractivity contribution in [1.29, 1.82) is 0 Å². The minimum Gasteiger partial charge on any atom is -0.340 e. The number of likely N-dealkylation sites (N-methyl/N-ethyl adjacent to an activating group) is 1. The average molecular weight is 317 g/mol. The van der Waals surface area contributed by atoms with Crippen LogP contribution in [-0.2, 0) is 14.8 Å². The molecule has 7 heteroatoms. The Balaban J connectivity index is 1.97. The van der Waals surface area contributed by atoms with E-state index >= 15 is 0 Å². The second kappa shape index (κ2) is 7.07. The third-order valence-corrected chi connectivity index (χ3v) is 5.35. The van der Waals surface area contributed by atoms with E-state index in [-0.39, 0.29) is 18.5 Å². The minimum absolute atomic E-state index is 0.140. The predicted molar refractivity (Wildman–Crippen MR) is 82.5 cm³/mol. The van der Waals surface area contributed by atoms with E-state index in [0.717, 1.165) is 38.6 Å². The van der Waals surface area contributed by atoms with Crippen LogP contribution in [0, 0.1) is 0 Å². The first-order valence-corrected chi connectivity index (χ1v) is 9.72. The van der Waals surface area contributed by atoms with Crippen molar-refractivity contribution in [2.45, 2.75) is 50.6 Å². The summed E-state index contributed by atoms with van der Waals surface area (Å²) < 4.78 is 24.5. The van der Waals surface area contributed by atoms with E-state index in [9.17, 15) is 13.2 Å². The number of nitrogens with one attached hydrogen (secondary N) is 1. The number of rotatable bonds is 5. The summed E-state index contributed by atoms with van der Waals surface area (Å²) in [5.74, 6) is -0.142. The summed E-state index contributed by atoms with van der Waals surface area (Å²) in [6.45, 7) is 2.12. The summed E-state index contributed by atoms with van der Waals surface area (Å²) in [7, 11) is -1.51. The molecule has 2 fully saturated rings. The molecule has 1 aliphatic carbocycles. The lowest BCUT2D eigenvalue weighted by molar-refractivity contribution is -0.132. The molecule has 0 spiro atoms. The van der Waals surface area contributed by atoms with Gasteiger partial charge in [0.05, 0.1) is 12.8 Å². The van der Waals surface area contributed by atoms with Crippen molar-refractivity contribution < 1.29 is 13.2 Å². The third-order valence-electron chi connectivity index (χ3n) is 4.68. The van der Waals surface area contributed by atoms with Crippen molar-refractivity contribution in [3.8, 4) is 0 Å². The Hall–Kier alpha value is -0.660. The minimum atomic E-state index is -3.32. The average Bonchev–Trinajstić information content (AvgIpc) is 2.97. The molecule has 1 saturated carbocycles. The zero-order valence-corrected chi connectivity index (χ0v) is 13.9. The molecule has 2 rings (SSSR count). The molecular formula is C14H27N3O3S. The van der Waals surface area contributed by atoms with Gasteiger partial charge in [0, 0.05) is 19.1 Å². The Morgan fingerprint density at radius 1 is 1.19 bits per heavy atom. The molecule has 2 unspecified atom stereocenters. The van der Waals surface area contributed by atoms with Crippen LogP contribution >= 0.6 is 0 Å². The fourth-order valence-corrected chi connectivity index (χ4v) is 3.93. The van der Waals surface area contributed by atoms with Gasteiger partial charge in [-0.2, -0.15) is 0 Å². The summed E-state index contributed by atoms with van der Waals surface area (Å²) in [5.41, 5.74) is 0. The Morgan fingerprint density at radius 3 is 2.43 bits per heavy atom. The monoisotopic (exact) mass is 317 g/mol. The SMILES string of the molecule is CN(C(=O)CNS(C)(=O)=O)C1CCCCC1N1CCCC1. The predicted octanol–water partition coefficient (Wildman–Crippen LogP) is 0.401. The molecule has 2 atom stereocenters. The van der Waals surface area contributed by atoms with E-state index in [1.807, 2.05) is 7.05 Å². The zero-order valence-electron chi connectivity index (χ0n) is 13.0. The number of hydrogen-bond acceptors (Lipinski definition) is 4. The normalized spacial score (nSPS) is 27.7. The fraction of sp³-hybridized carbons (Fsp3) is 0.929. The molecule has 122 valence electrons. The molecule has 1 N–H and O–H groups in total. The van der Waals surface area contributed by atoms with E-state index in [2.05, 4.69) is 9.62 Å². The first-order valence-electron chi connectivity index (χ1n) is 7.83. The molecule has 2 aliphatic rings. The second-order valence-electron chi connectivity index (χ2n) is 6.26. The van der Waals surface area contributed by atoms with Crippen LogP contribution in [0.15, 0.2) is 0 Å². The van der Waals surface area contributed by atoms with Crippen molar-refractivity contribution in [3.05, 3.63) is 0 Å². The van der Waals surface area contributed by atoms with Gasteiger partial charge in [0.25, 0.3) is 0 Å². The van der Waals surface area contributed by atoms with Crippen LogP contribution < -0.4 is 4.72 Å². The van der Waals surface area contributed by atoms with Crippen LogP contribution in [0.3, 0.4) is 0 Å². The number of carbonyl (C=O) groups is 1. The Bertz CT molecular complexity index is 460.